The summed E-state index contributed by atoms with van der Waals surface area (Å²) in [6.07, 6.45) is 2.74. The number of halogens is 1. The molecule has 0 bridgehead atoms. The maximum atomic E-state index is 12.6. The lowest BCUT2D eigenvalue weighted by Gasteiger charge is -2.34. The highest BCUT2D eigenvalue weighted by Crippen LogP contribution is 2.24. The van der Waals surface area contributed by atoms with Gasteiger partial charge in [0.2, 0.25) is 10.0 Å². The molecule has 1 aliphatic heterocycles. The van der Waals surface area contributed by atoms with Crippen LogP contribution in [0.3, 0.4) is 0 Å². The lowest BCUT2D eigenvalue weighted by molar-refractivity contribution is -0.148. The molecule has 0 aromatic heterocycles. The first kappa shape index (κ1) is 19.4. The van der Waals surface area contributed by atoms with Gasteiger partial charge in [-0.25, -0.2) is 13.2 Å². The topological polar surface area (TPSA) is 84.0 Å². The summed E-state index contributed by atoms with van der Waals surface area (Å²) >= 11 is 5.98. The summed E-state index contributed by atoms with van der Waals surface area (Å²) in [7, 11) is -3.71. The van der Waals surface area contributed by atoms with Gasteiger partial charge in [0.15, 0.2) is 6.61 Å². The number of nitrogens with zero attached hydrogens (tertiary/aromatic N) is 2. The van der Waals surface area contributed by atoms with Gasteiger partial charge in [0, 0.05) is 32.3 Å². The Labute approximate surface area is 151 Å². The van der Waals surface area contributed by atoms with Crippen LogP contribution in [-0.4, -0.2) is 62.3 Å². The summed E-state index contributed by atoms with van der Waals surface area (Å²) in [6, 6.07) is 6.24. The highest BCUT2D eigenvalue weighted by Gasteiger charge is 2.31. The number of hydrogen-bond donors (Lipinski definition) is 0. The first-order chi connectivity index (χ1) is 11.9. The Morgan fingerprint density at radius 3 is 2.44 bits per heavy atom. The van der Waals surface area contributed by atoms with Crippen LogP contribution in [0.15, 0.2) is 41.3 Å². The summed E-state index contributed by atoms with van der Waals surface area (Å²) in [5.74, 6) is -0.941. The molecule has 0 saturated carbocycles. The van der Waals surface area contributed by atoms with Crippen molar-refractivity contribution in [3.63, 3.8) is 0 Å². The molecule has 1 aromatic carbocycles. The van der Waals surface area contributed by atoms with Gasteiger partial charge in [0.05, 0.1) is 5.02 Å². The monoisotopic (exact) mass is 386 g/mol. The zero-order valence-corrected chi connectivity index (χ0v) is 15.3. The van der Waals surface area contributed by atoms with Gasteiger partial charge in [0.1, 0.15) is 4.90 Å². The van der Waals surface area contributed by atoms with Crippen LogP contribution in [0.5, 0.6) is 0 Å². The highest BCUT2D eigenvalue weighted by atomic mass is 35.5. The van der Waals surface area contributed by atoms with Gasteiger partial charge in [-0.2, -0.15) is 4.31 Å². The Bertz CT molecular complexity index is 770. The minimum Gasteiger partial charge on any atom is -0.452 e. The van der Waals surface area contributed by atoms with E-state index in [-0.39, 0.29) is 48.6 Å². The number of benzene rings is 1. The van der Waals surface area contributed by atoms with Crippen molar-refractivity contribution in [3.05, 3.63) is 41.4 Å². The Balaban J connectivity index is 1.94. The third-order valence-electron chi connectivity index (χ3n) is 3.69. The second-order valence-electron chi connectivity index (χ2n) is 5.32. The number of amides is 1. The average Bonchev–Trinajstić information content (AvgIpc) is 2.60. The Kier molecular flexibility index (Phi) is 6.57. The molecule has 7 nitrogen and oxygen atoms in total. The molecular formula is C16H19ClN2O5S. The highest BCUT2D eigenvalue weighted by molar-refractivity contribution is 7.89. The van der Waals surface area contributed by atoms with E-state index in [1.807, 2.05) is 0 Å². The van der Waals surface area contributed by atoms with Crippen LogP contribution in [0.2, 0.25) is 5.02 Å². The predicted octanol–water partition coefficient (Wildman–Crippen LogP) is 1.29. The molecule has 1 fully saturated rings. The van der Waals surface area contributed by atoms with E-state index >= 15 is 0 Å². The average molecular weight is 387 g/mol. The first-order valence-electron chi connectivity index (χ1n) is 7.68. The number of sulfonamides is 1. The van der Waals surface area contributed by atoms with Gasteiger partial charge in [-0.05, 0) is 19.1 Å². The molecule has 0 spiro atoms. The van der Waals surface area contributed by atoms with Crippen molar-refractivity contribution in [3.8, 4) is 0 Å². The van der Waals surface area contributed by atoms with Crippen LogP contribution in [0.4, 0.5) is 0 Å². The van der Waals surface area contributed by atoms with Crippen molar-refractivity contribution in [2.45, 2.75) is 11.8 Å². The van der Waals surface area contributed by atoms with Crippen LogP contribution in [0.25, 0.3) is 0 Å². The molecule has 0 atom stereocenters. The van der Waals surface area contributed by atoms with E-state index in [4.69, 9.17) is 16.3 Å². The summed E-state index contributed by atoms with van der Waals surface area (Å²) in [5, 5.41) is 0.164. The molecule has 2 rings (SSSR count). The summed E-state index contributed by atoms with van der Waals surface area (Å²) in [5.41, 5.74) is 0. The molecule has 0 N–H and O–H groups in total. The Morgan fingerprint density at radius 1 is 1.20 bits per heavy atom. The molecule has 1 amide bonds. The largest absolute Gasteiger partial charge is 0.452 e. The number of esters is 1. The maximum Gasteiger partial charge on any atom is 0.330 e. The normalized spacial score (nSPS) is 16.2. The minimum absolute atomic E-state index is 0.0525. The van der Waals surface area contributed by atoms with E-state index in [2.05, 4.69) is 0 Å². The fourth-order valence-corrected chi connectivity index (χ4v) is 4.29. The summed E-state index contributed by atoms with van der Waals surface area (Å²) < 4.78 is 31.4. The smallest absolute Gasteiger partial charge is 0.330 e. The van der Waals surface area contributed by atoms with Crippen LogP contribution in [-0.2, 0) is 24.3 Å². The van der Waals surface area contributed by atoms with E-state index < -0.39 is 16.0 Å². The van der Waals surface area contributed by atoms with E-state index in [0.717, 1.165) is 0 Å². The van der Waals surface area contributed by atoms with Crippen molar-refractivity contribution in [2.24, 2.45) is 0 Å². The van der Waals surface area contributed by atoms with Crippen molar-refractivity contribution in [1.82, 2.24) is 9.21 Å². The molecule has 1 heterocycles. The SMILES string of the molecule is C/C=C/C(=O)OCC(=O)N1CCN(S(=O)(=O)c2ccccc2Cl)CC1. The van der Waals surface area contributed by atoms with Crippen molar-refractivity contribution in [2.75, 3.05) is 32.8 Å². The van der Waals surface area contributed by atoms with Gasteiger partial charge >= 0.3 is 5.97 Å². The molecule has 1 aromatic rings. The van der Waals surface area contributed by atoms with Crippen LogP contribution < -0.4 is 0 Å². The second-order valence-corrected chi connectivity index (χ2v) is 7.64. The third kappa shape index (κ3) is 4.81. The van der Waals surface area contributed by atoms with Gasteiger partial charge in [-0.1, -0.05) is 29.8 Å². The van der Waals surface area contributed by atoms with Crippen LogP contribution in [0, 0.1) is 0 Å². The lowest BCUT2D eigenvalue weighted by atomic mass is 10.3. The number of allylic oxidation sites excluding steroid dienone is 1. The molecular weight excluding hydrogens is 368 g/mol. The molecule has 1 saturated heterocycles. The zero-order valence-electron chi connectivity index (χ0n) is 13.7. The fourth-order valence-electron chi connectivity index (χ4n) is 2.38. The number of hydrogen-bond acceptors (Lipinski definition) is 5. The van der Waals surface area contributed by atoms with Gasteiger partial charge in [-0.15, -0.1) is 0 Å². The zero-order chi connectivity index (χ0) is 18.4. The van der Waals surface area contributed by atoms with Crippen molar-refractivity contribution in [1.29, 1.82) is 0 Å². The number of carbonyl (C=O) groups excluding carboxylic acids is 2. The molecule has 0 radical (unpaired) electrons. The second kappa shape index (κ2) is 8.46. The summed E-state index contributed by atoms with van der Waals surface area (Å²) in [4.78, 5) is 24.8. The minimum atomic E-state index is -3.71. The molecule has 25 heavy (non-hydrogen) atoms. The van der Waals surface area contributed by atoms with Crippen molar-refractivity contribution < 1.29 is 22.7 Å². The van der Waals surface area contributed by atoms with Gasteiger partial charge in [0.25, 0.3) is 5.91 Å². The molecule has 1 aliphatic rings. The van der Waals surface area contributed by atoms with E-state index in [0.29, 0.717) is 0 Å². The van der Waals surface area contributed by atoms with Crippen molar-refractivity contribution >= 4 is 33.5 Å². The number of piperazine rings is 1. The Morgan fingerprint density at radius 2 is 1.84 bits per heavy atom. The Hall–Kier alpha value is -1.90. The number of ether oxygens (including phenoxy) is 1. The van der Waals surface area contributed by atoms with Crippen LogP contribution >= 0.6 is 11.6 Å². The summed E-state index contributed by atoms with van der Waals surface area (Å²) in [6.45, 7) is 2.07. The van der Waals surface area contributed by atoms with Gasteiger partial charge in [-0.3, -0.25) is 4.79 Å². The molecule has 0 unspecified atom stereocenters. The maximum absolute atomic E-state index is 12.6. The standard InChI is InChI=1S/C16H19ClN2O5S/c1-2-5-16(21)24-12-15(20)18-8-10-19(11-9-18)25(22,23)14-7-4-3-6-13(14)17/h2-7H,8-12H2,1H3/b5-2+. The number of carbonyl (C=O) groups is 2. The molecule has 136 valence electrons. The third-order valence-corrected chi connectivity index (χ3v) is 6.08. The van der Waals surface area contributed by atoms with E-state index in [9.17, 15) is 18.0 Å². The lowest BCUT2D eigenvalue weighted by Crippen LogP contribution is -2.51. The first-order valence-corrected chi connectivity index (χ1v) is 9.50. The fraction of sp³-hybridized carbons (Fsp3) is 0.375. The van der Waals surface area contributed by atoms with E-state index in [1.165, 1.54) is 33.5 Å². The molecule has 0 aliphatic carbocycles. The quantitative estimate of drug-likeness (QED) is 0.562. The van der Waals surface area contributed by atoms with Crippen LogP contribution in [0.1, 0.15) is 6.92 Å². The number of rotatable bonds is 5. The predicted molar refractivity (Wildman–Crippen MR) is 92.6 cm³/mol. The molecule has 9 heteroatoms. The van der Waals surface area contributed by atoms with E-state index in [1.54, 1.807) is 19.1 Å². The van der Waals surface area contributed by atoms with Gasteiger partial charge < -0.3 is 9.64 Å².